The summed E-state index contributed by atoms with van der Waals surface area (Å²) in [4.78, 5) is 0. The van der Waals surface area contributed by atoms with Crippen LogP contribution in [0.2, 0.25) is 0 Å². The maximum atomic E-state index is 8.91. The lowest BCUT2D eigenvalue weighted by Gasteiger charge is -2.19. The molecule has 0 aromatic rings. The summed E-state index contributed by atoms with van der Waals surface area (Å²) >= 11 is 1.87. The Morgan fingerprint density at radius 2 is 2.45 bits per heavy atom. The van der Waals surface area contributed by atoms with Gasteiger partial charge in [-0.3, -0.25) is 0 Å². The Morgan fingerprint density at radius 1 is 1.73 bits per heavy atom. The van der Waals surface area contributed by atoms with Crippen molar-refractivity contribution in [1.29, 1.82) is 5.26 Å². The molecule has 0 radical (unpaired) electrons. The predicted octanol–water partition coefficient (Wildman–Crippen LogP) is 1.38. The van der Waals surface area contributed by atoms with Crippen LogP contribution in [0.3, 0.4) is 0 Å². The molecular formula is C8H14N2S. The molecule has 11 heavy (non-hydrogen) atoms. The Labute approximate surface area is 72.4 Å². The summed E-state index contributed by atoms with van der Waals surface area (Å²) in [6.07, 6.45) is 5.30. The van der Waals surface area contributed by atoms with Crippen molar-refractivity contribution < 1.29 is 0 Å². The third-order valence-corrected chi connectivity index (χ3v) is 3.56. The van der Waals surface area contributed by atoms with Crippen LogP contribution in [-0.2, 0) is 0 Å². The molecule has 0 spiro atoms. The van der Waals surface area contributed by atoms with Crippen molar-refractivity contribution in [2.45, 2.75) is 30.1 Å². The largest absolute Gasteiger partial charge is 0.302 e. The molecule has 0 bridgehead atoms. The zero-order chi connectivity index (χ0) is 8.32. The van der Waals surface area contributed by atoms with Gasteiger partial charge in [0, 0.05) is 5.25 Å². The van der Waals surface area contributed by atoms with Crippen LogP contribution in [0, 0.1) is 11.3 Å². The monoisotopic (exact) mass is 170 g/mol. The Kier molecular flexibility index (Phi) is 2.80. The summed E-state index contributed by atoms with van der Waals surface area (Å²) in [6, 6.07) is 2.37. The van der Waals surface area contributed by atoms with Crippen molar-refractivity contribution in [1.82, 2.24) is 5.32 Å². The summed E-state index contributed by atoms with van der Waals surface area (Å²) in [7, 11) is 1.88. The fourth-order valence-corrected chi connectivity index (χ4v) is 2.39. The number of nitrogens with one attached hydrogen (secondary N) is 1. The third-order valence-electron chi connectivity index (χ3n) is 2.50. The van der Waals surface area contributed by atoms with E-state index in [9.17, 15) is 0 Å². The second-order valence-electron chi connectivity index (χ2n) is 3.04. The first kappa shape index (κ1) is 8.89. The van der Waals surface area contributed by atoms with Gasteiger partial charge in [0.1, 0.15) is 5.54 Å². The summed E-state index contributed by atoms with van der Waals surface area (Å²) in [5.74, 6) is 0. The fourth-order valence-electron chi connectivity index (χ4n) is 1.59. The van der Waals surface area contributed by atoms with Crippen LogP contribution in [0.1, 0.15) is 19.3 Å². The number of nitriles is 1. The van der Waals surface area contributed by atoms with Crippen LogP contribution in [0.25, 0.3) is 0 Å². The van der Waals surface area contributed by atoms with E-state index in [4.69, 9.17) is 5.26 Å². The van der Waals surface area contributed by atoms with Crippen LogP contribution in [0.4, 0.5) is 0 Å². The Bertz CT molecular complexity index is 175. The van der Waals surface area contributed by atoms with Gasteiger partial charge in [-0.25, -0.2) is 0 Å². The smallest absolute Gasteiger partial charge is 0.107 e. The molecule has 1 N–H and O–H groups in total. The van der Waals surface area contributed by atoms with Gasteiger partial charge >= 0.3 is 0 Å². The van der Waals surface area contributed by atoms with Crippen molar-refractivity contribution in [3.63, 3.8) is 0 Å². The summed E-state index contributed by atoms with van der Waals surface area (Å²) in [5.41, 5.74) is -0.215. The highest BCUT2D eigenvalue weighted by molar-refractivity contribution is 7.99. The first-order valence-electron chi connectivity index (χ1n) is 3.89. The van der Waals surface area contributed by atoms with Crippen LogP contribution >= 0.6 is 11.8 Å². The van der Waals surface area contributed by atoms with E-state index in [1.54, 1.807) is 0 Å². The van der Waals surface area contributed by atoms with E-state index in [1.165, 1.54) is 6.42 Å². The first-order chi connectivity index (χ1) is 5.26. The quantitative estimate of drug-likeness (QED) is 0.680. The maximum Gasteiger partial charge on any atom is 0.107 e. The summed E-state index contributed by atoms with van der Waals surface area (Å²) in [6.45, 7) is 0. The molecule has 2 unspecified atom stereocenters. The molecular weight excluding hydrogens is 156 g/mol. The first-order valence-corrected chi connectivity index (χ1v) is 5.18. The standard InChI is InChI=1S/C8H14N2S/c1-10-8(6-9)4-3-7(5-8)11-2/h7,10H,3-5H2,1-2H3. The van der Waals surface area contributed by atoms with Gasteiger partial charge in [-0.1, -0.05) is 0 Å². The molecule has 1 rings (SSSR count). The van der Waals surface area contributed by atoms with Crippen molar-refractivity contribution in [3.05, 3.63) is 0 Å². The Morgan fingerprint density at radius 3 is 2.73 bits per heavy atom. The zero-order valence-electron chi connectivity index (χ0n) is 7.05. The van der Waals surface area contributed by atoms with E-state index < -0.39 is 0 Å². The lowest BCUT2D eigenvalue weighted by molar-refractivity contribution is 0.464. The van der Waals surface area contributed by atoms with Crippen molar-refractivity contribution in [3.8, 4) is 6.07 Å². The Balaban J connectivity index is 2.57. The second kappa shape index (κ2) is 3.46. The molecule has 1 fully saturated rings. The normalized spacial score (nSPS) is 37.0. The lowest BCUT2D eigenvalue weighted by atomic mass is 10.0. The van der Waals surface area contributed by atoms with Gasteiger partial charge in [0.2, 0.25) is 0 Å². The highest BCUT2D eigenvalue weighted by atomic mass is 32.2. The molecule has 0 aliphatic heterocycles. The average molecular weight is 170 g/mol. The molecule has 3 heteroatoms. The van der Waals surface area contributed by atoms with Crippen LogP contribution < -0.4 is 5.32 Å². The second-order valence-corrected chi connectivity index (χ2v) is 4.18. The molecule has 2 nitrogen and oxygen atoms in total. The van der Waals surface area contributed by atoms with E-state index in [0.29, 0.717) is 5.25 Å². The van der Waals surface area contributed by atoms with Crippen molar-refractivity contribution >= 4 is 11.8 Å². The Hall–Kier alpha value is -0.200. The van der Waals surface area contributed by atoms with E-state index in [1.807, 2.05) is 18.8 Å². The van der Waals surface area contributed by atoms with Crippen LogP contribution in [0.15, 0.2) is 0 Å². The van der Waals surface area contributed by atoms with Crippen LogP contribution in [0.5, 0.6) is 0 Å². The molecule has 1 saturated carbocycles. The molecule has 0 saturated heterocycles. The minimum atomic E-state index is -0.215. The van der Waals surface area contributed by atoms with Crippen molar-refractivity contribution in [2.75, 3.05) is 13.3 Å². The van der Waals surface area contributed by atoms with Gasteiger partial charge in [-0.15, -0.1) is 0 Å². The van der Waals surface area contributed by atoms with Gasteiger partial charge in [-0.2, -0.15) is 17.0 Å². The highest BCUT2D eigenvalue weighted by Gasteiger charge is 2.37. The maximum absolute atomic E-state index is 8.91. The number of nitrogens with zero attached hydrogens (tertiary/aromatic N) is 1. The molecule has 1 aliphatic carbocycles. The molecule has 0 aromatic carbocycles. The number of hydrogen-bond acceptors (Lipinski definition) is 3. The molecule has 0 aromatic heterocycles. The fraction of sp³-hybridized carbons (Fsp3) is 0.875. The molecule has 0 amide bonds. The van der Waals surface area contributed by atoms with Gasteiger partial charge in [0.25, 0.3) is 0 Å². The van der Waals surface area contributed by atoms with Gasteiger partial charge in [0.15, 0.2) is 0 Å². The van der Waals surface area contributed by atoms with Crippen molar-refractivity contribution in [2.24, 2.45) is 0 Å². The van der Waals surface area contributed by atoms with Gasteiger partial charge in [0.05, 0.1) is 6.07 Å². The SMILES string of the molecule is CNC1(C#N)CCC(SC)C1. The number of thioether (sulfide) groups is 1. The van der Waals surface area contributed by atoms with E-state index in [2.05, 4.69) is 17.6 Å². The van der Waals surface area contributed by atoms with Gasteiger partial charge < -0.3 is 5.32 Å². The predicted molar refractivity (Wildman–Crippen MR) is 48.6 cm³/mol. The van der Waals surface area contributed by atoms with Gasteiger partial charge in [-0.05, 0) is 32.6 Å². The van der Waals surface area contributed by atoms with E-state index in [-0.39, 0.29) is 5.54 Å². The summed E-state index contributed by atoms with van der Waals surface area (Å²) < 4.78 is 0. The van der Waals surface area contributed by atoms with E-state index >= 15 is 0 Å². The zero-order valence-corrected chi connectivity index (χ0v) is 7.87. The number of rotatable bonds is 2. The van der Waals surface area contributed by atoms with E-state index in [0.717, 1.165) is 12.8 Å². The average Bonchev–Trinajstić information content (AvgIpc) is 2.49. The lowest BCUT2D eigenvalue weighted by Crippen LogP contribution is -2.38. The minimum absolute atomic E-state index is 0.215. The highest BCUT2D eigenvalue weighted by Crippen LogP contribution is 2.35. The number of hydrogen-bond donors (Lipinski definition) is 1. The van der Waals surface area contributed by atoms with Crippen LogP contribution in [-0.4, -0.2) is 24.1 Å². The molecule has 2 atom stereocenters. The summed E-state index contributed by atoms with van der Waals surface area (Å²) in [5, 5.41) is 12.7. The molecule has 62 valence electrons. The minimum Gasteiger partial charge on any atom is -0.302 e. The molecule has 1 aliphatic rings. The molecule has 0 heterocycles. The topological polar surface area (TPSA) is 35.8 Å². The third kappa shape index (κ3) is 1.69.